The van der Waals surface area contributed by atoms with E-state index in [0.717, 1.165) is 16.1 Å². The Bertz CT molecular complexity index is 853. The molecule has 0 aliphatic heterocycles. The summed E-state index contributed by atoms with van der Waals surface area (Å²) in [5.74, 6) is -0.159. The third kappa shape index (κ3) is 3.97. The van der Waals surface area contributed by atoms with Gasteiger partial charge in [-0.05, 0) is 37.3 Å². The van der Waals surface area contributed by atoms with Gasteiger partial charge in [0, 0.05) is 35.2 Å². The number of ketones is 1. The number of thiophene rings is 1. The van der Waals surface area contributed by atoms with Gasteiger partial charge in [-0.3, -0.25) is 14.7 Å². The van der Waals surface area contributed by atoms with E-state index in [1.54, 1.807) is 6.20 Å². The number of aromatic nitrogens is 2. The predicted octanol–water partition coefficient (Wildman–Crippen LogP) is 4.05. The smallest absolute Gasteiger partial charge is 0.224 e. The zero-order valence-corrected chi connectivity index (χ0v) is 14.0. The summed E-state index contributed by atoms with van der Waals surface area (Å²) in [4.78, 5) is 25.9. The average molecular weight is 339 g/mol. The Morgan fingerprint density at radius 3 is 2.75 bits per heavy atom. The van der Waals surface area contributed by atoms with E-state index in [-0.39, 0.29) is 24.5 Å². The second-order valence-electron chi connectivity index (χ2n) is 5.43. The number of hydrogen-bond donors (Lipinski definition) is 2. The minimum atomic E-state index is -0.168. The van der Waals surface area contributed by atoms with Crippen molar-refractivity contribution in [3.8, 4) is 11.3 Å². The summed E-state index contributed by atoms with van der Waals surface area (Å²) in [6.07, 6.45) is 2.06. The number of aromatic amines is 1. The number of rotatable bonds is 6. The van der Waals surface area contributed by atoms with Crippen molar-refractivity contribution in [2.45, 2.75) is 19.8 Å². The van der Waals surface area contributed by atoms with Crippen LogP contribution in [-0.4, -0.2) is 21.9 Å². The summed E-state index contributed by atoms with van der Waals surface area (Å²) < 4.78 is 0. The molecule has 0 unspecified atom stereocenters. The number of hydrogen-bond acceptors (Lipinski definition) is 4. The summed E-state index contributed by atoms with van der Waals surface area (Å²) in [7, 11) is 0. The zero-order chi connectivity index (χ0) is 16.9. The van der Waals surface area contributed by atoms with Gasteiger partial charge in [-0.25, -0.2) is 0 Å². The molecule has 24 heavy (non-hydrogen) atoms. The summed E-state index contributed by atoms with van der Waals surface area (Å²) in [5, 5.41) is 9.64. The van der Waals surface area contributed by atoms with Gasteiger partial charge in [0.05, 0.1) is 10.6 Å². The standard InChI is InChI=1S/C18H17N3O2S/c1-12-5-7-17(24-12)16(22)6-8-18(23)20-14-4-2-3-13(11-14)15-9-10-19-21-15/h2-5,7,9-11H,6,8H2,1H3,(H,19,21)(H,20,23). The van der Waals surface area contributed by atoms with Gasteiger partial charge in [0.25, 0.3) is 0 Å². The molecule has 2 N–H and O–H groups in total. The number of benzene rings is 1. The molecule has 0 spiro atoms. The average Bonchev–Trinajstić information content (AvgIpc) is 3.24. The molecule has 122 valence electrons. The van der Waals surface area contributed by atoms with Crippen molar-refractivity contribution in [1.82, 2.24) is 10.2 Å². The first-order valence-electron chi connectivity index (χ1n) is 7.61. The number of nitrogens with zero attached hydrogens (tertiary/aromatic N) is 1. The molecule has 3 rings (SSSR count). The molecule has 1 amide bonds. The van der Waals surface area contributed by atoms with Gasteiger partial charge in [-0.15, -0.1) is 11.3 Å². The molecule has 0 aliphatic rings. The maximum Gasteiger partial charge on any atom is 0.224 e. The number of Topliss-reactive ketones (excluding diaryl/α,β-unsaturated/α-hetero) is 1. The highest BCUT2D eigenvalue weighted by Gasteiger charge is 2.11. The van der Waals surface area contributed by atoms with Crippen molar-refractivity contribution in [2.75, 3.05) is 5.32 Å². The van der Waals surface area contributed by atoms with E-state index < -0.39 is 0 Å². The SMILES string of the molecule is Cc1ccc(C(=O)CCC(=O)Nc2cccc(-c3ccn[nH]3)c2)s1. The van der Waals surface area contributed by atoms with Gasteiger partial charge >= 0.3 is 0 Å². The monoisotopic (exact) mass is 339 g/mol. The van der Waals surface area contributed by atoms with E-state index in [1.165, 1.54) is 11.3 Å². The number of amides is 1. The molecule has 0 aliphatic carbocycles. The molecule has 2 aromatic heterocycles. The van der Waals surface area contributed by atoms with E-state index in [1.807, 2.05) is 49.4 Å². The van der Waals surface area contributed by atoms with Gasteiger partial charge in [-0.1, -0.05) is 12.1 Å². The van der Waals surface area contributed by atoms with Crippen LogP contribution in [0.15, 0.2) is 48.7 Å². The molecule has 2 heterocycles. The first kappa shape index (κ1) is 16.1. The highest BCUT2D eigenvalue weighted by molar-refractivity contribution is 7.14. The Morgan fingerprint density at radius 2 is 2.04 bits per heavy atom. The van der Waals surface area contributed by atoms with Crippen LogP contribution in [-0.2, 0) is 4.79 Å². The van der Waals surface area contributed by atoms with Crippen molar-refractivity contribution in [3.63, 3.8) is 0 Å². The lowest BCUT2D eigenvalue weighted by molar-refractivity contribution is -0.116. The number of carbonyl (C=O) groups excluding carboxylic acids is 2. The first-order valence-corrected chi connectivity index (χ1v) is 8.43. The van der Waals surface area contributed by atoms with E-state index in [2.05, 4.69) is 15.5 Å². The van der Waals surface area contributed by atoms with Crippen LogP contribution in [0.3, 0.4) is 0 Å². The molecular weight excluding hydrogens is 322 g/mol. The maximum atomic E-state index is 12.1. The van der Waals surface area contributed by atoms with Crippen LogP contribution < -0.4 is 5.32 Å². The Balaban J connectivity index is 1.57. The number of anilines is 1. The summed E-state index contributed by atoms with van der Waals surface area (Å²) in [5.41, 5.74) is 2.52. The fourth-order valence-corrected chi connectivity index (χ4v) is 3.17. The Morgan fingerprint density at radius 1 is 1.17 bits per heavy atom. The largest absolute Gasteiger partial charge is 0.326 e. The lowest BCUT2D eigenvalue weighted by Gasteiger charge is -2.06. The normalized spacial score (nSPS) is 10.5. The van der Waals surface area contributed by atoms with Crippen molar-refractivity contribution in [3.05, 3.63) is 58.4 Å². The number of carbonyl (C=O) groups is 2. The predicted molar refractivity (Wildman–Crippen MR) is 95.3 cm³/mol. The molecule has 1 aromatic carbocycles. The molecule has 0 fully saturated rings. The number of H-pyrrole nitrogens is 1. The summed E-state index contributed by atoms with van der Waals surface area (Å²) in [6, 6.07) is 13.1. The Hall–Kier alpha value is -2.73. The third-order valence-corrected chi connectivity index (χ3v) is 4.59. The molecular formula is C18H17N3O2S. The summed E-state index contributed by atoms with van der Waals surface area (Å²) in [6.45, 7) is 1.96. The second kappa shape index (κ2) is 7.23. The van der Waals surface area contributed by atoms with Crippen LogP contribution in [0.5, 0.6) is 0 Å². The lowest BCUT2D eigenvalue weighted by Crippen LogP contribution is -2.13. The molecule has 0 saturated carbocycles. The number of aryl methyl sites for hydroxylation is 1. The van der Waals surface area contributed by atoms with Crippen LogP contribution in [0, 0.1) is 6.92 Å². The number of nitrogens with one attached hydrogen (secondary N) is 2. The van der Waals surface area contributed by atoms with Crippen LogP contribution in [0.2, 0.25) is 0 Å². The molecule has 5 nitrogen and oxygen atoms in total. The van der Waals surface area contributed by atoms with E-state index in [4.69, 9.17) is 0 Å². The van der Waals surface area contributed by atoms with Crippen molar-refractivity contribution >= 4 is 28.7 Å². The Labute approximate surface area is 143 Å². The second-order valence-corrected chi connectivity index (χ2v) is 6.72. The van der Waals surface area contributed by atoms with Crippen LogP contribution in [0.4, 0.5) is 5.69 Å². The quantitative estimate of drug-likeness (QED) is 0.665. The summed E-state index contributed by atoms with van der Waals surface area (Å²) >= 11 is 1.46. The molecule has 3 aromatic rings. The van der Waals surface area contributed by atoms with Crippen LogP contribution >= 0.6 is 11.3 Å². The van der Waals surface area contributed by atoms with Gasteiger partial charge in [0.15, 0.2) is 5.78 Å². The van der Waals surface area contributed by atoms with Gasteiger partial charge in [0.1, 0.15) is 0 Å². The topological polar surface area (TPSA) is 74.8 Å². The van der Waals surface area contributed by atoms with Gasteiger partial charge in [-0.2, -0.15) is 5.10 Å². The molecule has 0 atom stereocenters. The molecule has 0 radical (unpaired) electrons. The highest BCUT2D eigenvalue weighted by Crippen LogP contribution is 2.21. The molecule has 0 bridgehead atoms. The first-order chi connectivity index (χ1) is 11.6. The third-order valence-electron chi connectivity index (χ3n) is 3.55. The fraction of sp³-hybridized carbons (Fsp3) is 0.167. The minimum Gasteiger partial charge on any atom is -0.326 e. The van der Waals surface area contributed by atoms with E-state index in [0.29, 0.717) is 10.6 Å². The van der Waals surface area contributed by atoms with Gasteiger partial charge in [0.2, 0.25) is 5.91 Å². The van der Waals surface area contributed by atoms with E-state index >= 15 is 0 Å². The fourth-order valence-electron chi connectivity index (χ4n) is 2.34. The van der Waals surface area contributed by atoms with E-state index in [9.17, 15) is 9.59 Å². The molecule has 6 heteroatoms. The van der Waals surface area contributed by atoms with Gasteiger partial charge < -0.3 is 5.32 Å². The minimum absolute atomic E-state index is 0.00876. The Kier molecular flexibility index (Phi) is 4.86. The van der Waals surface area contributed by atoms with Crippen LogP contribution in [0.25, 0.3) is 11.3 Å². The lowest BCUT2D eigenvalue weighted by atomic mass is 10.1. The zero-order valence-electron chi connectivity index (χ0n) is 13.2. The maximum absolute atomic E-state index is 12.1. The van der Waals surface area contributed by atoms with Crippen molar-refractivity contribution in [1.29, 1.82) is 0 Å². The highest BCUT2D eigenvalue weighted by atomic mass is 32.1. The van der Waals surface area contributed by atoms with Crippen molar-refractivity contribution in [2.24, 2.45) is 0 Å². The van der Waals surface area contributed by atoms with Crippen molar-refractivity contribution < 1.29 is 9.59 Å². The molecule has 0 saturated heterocycles. The van der Waals surface area contributed by atoms with Crippen LogP contribution in [0.1, 0.15) is 27.4 Å².